The lowest BCUT2D eigenvalue weighted by Crippen LogP contribution is -2.38. The van der Waals surface area contributed by atoms with Gasteiger partial charge in [0, 0.05) is 18.2 Å². The first-order valence-electron chi connectivity index (χ1n) is 7.72. The van der Waals surface area contributed by atoms with Gasteiger partial charge < -0.3 is 5.32 Å². The third-order valence-electron chi connectivity index (χ3n) is 4.10. The summed E-state index contributed by atoms with van der Waals surface area (Å²) in [6.45, 7) is 8.10. The van der Waals surface area contributed by atoms with E-state index in [0.717, 1.165) is 38.4 Å². The first-order chi connectivity index (χ1) is 10.1. The van der Waals surface area contributed by atoms with E-state index in [1.807, 2.05) is 6.07 Å². The van der Waals surface area contributed by atoms with Crippen LogP contribution in [0.4, 0.5) is 4.39 Å². The van der Waals surface area contributed by atoms with E-state index in [2.05, 4.69) is 24.1 Å². The molecule has 1 fully saturated rings. The van der Waals surface area contributed by atoms with E-state index in [9.17, 15) is 4.39 Å². The Bertz CT molecular complexity index is 499. The SMILES string of the molecule is CC(C)NCC1CCN(Cc2ccc(C#N)cc2F)CC1. The van der Waals surface area contributed by atoms with E-state index < -0.39 is 0 Å². The summed E-state index contributed by atoms with van der Waals surface area (Å²) in [5, 5.41) is 12.3. The number of hydrogen-bond acceptors (Lipinski definition) is 3. The maximum Gasteiger partial charge on any atom is 0.129 e. The van der Waals surface area contributed by atoms with Crippen molar-refractivity contribution in [3.05, 3.63) is 35.1 Å². The highest BCUT2D eigenvalue weighted by atomic mass is 19.1. The van der Waals surface area contributed by atoms with Crippen molar-refractivity contribution in [3.8, 4) is 6.07 Å². The fourth-order valence-corrected chi connectivity index (χ4v) is 2.74. The molecule has 0 atom stereocenters. The lowest BCUT2D eigenvalue weighted by molar-refractivity contribution is 0.172. The number of nitrogens with one attached hydrogen (secondary N) is 1. The van der Waals surface area contributed by atoms with Crippen LogP contribution in [0.25, 0.3) is 0 Å². The summed E-state index contributed by atoms with van der Waals surface area (Å²) >= 11 is 0. The van der Waals surface area contributed by atoms with Crippen molar-refractivity contribution < 1.29 is 4.39 Å². The van der Waals surface area contributed by atoms with Gasteiger partial charge in [-0.25, -0.2) is 4.39 Å². The van der Waals surface area contributed by atoms with Crippen molar-refractivity contribution in [2.75, 3.05) is 19.6 Å². The highest BCUT2D eigenvalue weighted by Crippen LogP contribution is 2.20. The van der Waals surface area contributed by atoms with Crippen LogP contribution in [0.15, 0.2) is 18.2 Å². The molecule has 0 bridgehead atoms. The normalized spacial score (nSPS) is 17.1. The minimum Gasteiger partial charge on any atom is -0.314 e. The molecule has 0 amide bonds. The maximum absolute atomic E-state index is 13.9. The number of piperidine rings is 1. The molecule has 21 heavy (non-hydrogen) atoms. The minimum absolute atomic E-state index is 0.266. The maximum atomic E-state index is 13.9. The standard InChI is InChI=1S/C17H24FN3/c1-13(2)20-11-14-5-7-21(8-6-14)12-16-4-3-15(10-19)9-17(16)18/h3-4,9,13-14,20H,5-8,11-12H2,1-2H3. The second-order valence-corrected chi connectivity index (χ2v) is 6.20. The second kappa shape index (κ2) is 7.53. The predicted molar refractivity (Wildman–Crippen MR) is 82.3 cm³/mol. The van der Waals surface area contributed by atoms with Crippen molar-refractivity contribution in [2.45, 2.75) is 39.3 Å². The molecular formula is C17H24FN3. The van der Waals surface area contributed by atoms with E-state index in [-0.39, 0.29) is 5.82 Å². The fourth-order valence-electron chi connectivity index (χ4n) is 2.74. The highest BCUT2D eigenvalue weighted by molar-refractivity contribution is 5.32. The third-order valence-corrected chi connectivity index (χ3v) is 4.10. The predicted octanol–water partition coefficient (Wildman–Crippen LogP) is 2.91. The molecule has 0 unspecified atom stereocenters. The molecule has 1 saturated heterocycles. The fraction of sp³-hybridized carbons (Fsp3) is 0.588. The molecule has 1 heterocycles. The minimum atomic E-state index is -0.266. The molecule has 1 N–H and O–H groups in total. The molecule has 1 aromatic rings. The van der Waals surface area contributed by atoms with Gasteiger partial charge in [-0.1, -0.05) is 19.9 Å². The van der Waals surface area contributed by atoms with Crippen molar-refractivity contribution >= 4 is 0 Å². The van der Waals surface area contributed by atoms with E-state index in [4.69, 9.17) is 5.26 Å². The molecule has 2 rings (SSSR count). The molecule has 0 saturated carbocycles. The van der Waals surface area contributed by atoms with Gasteiger partial charge in [0.25, 0.3) is 0 Å². The summed E-state index contributed by atoms with van der Waals surface area (Å²) in [7, 11) is 0. The average Bonchev–Trinajstić information content (AvgIpc) is 2.48. The third kappa shape index (κ3) is 4.80. The number of benzene rings is 1. The lowest BCUT2D eigenvalue weighted by Gasteiger charge is -2.32. The van der Waals surface area contributed by atoms with Gasteiger partial charge in [-0.2, -0.15) is 5.26 Å². The molecule has 0 aliphatic carbocycles. The van der Waals surface area contributed by atoms with Crippen LogP contribution < -0.4 is 5.32 Å². The van der Waals surface area contributed by atoms with Gasteiger partial charge >= 0.3 is 0 Å². The van der Waals surface area contributed by atoms with Crippen LogP contribution in [-0.4, -0.2) is 30.6 Å². The number of likely N-dealkylation sites (tertiary alicyclic amines) is 1. The zero-order valence-electron chi connectivity index (χ0n) is 12.9. The van der Waals surface area contributed by atoms with Gasteiger partial charge in [0.15, 0.2) is 0 Å². The lowest BCUT2D eigenvalue weighted by atomic mass is 9.96. The molecule has 114 valence electrons. The van der Waals surface area contributed by atoms with Gasteiger partial charge in [0.05, 0.1) is 11.6 Å². The molecule has 0 spiro atoms. The molecule has 3 nitrogen and oxygen atoms in total. The molecule has 4 heteroatoms. The van der Waals surface area contributed by atoms with Gasteiger partial charge in [0.1, 0.15) is 5.82 Å². The first kappa shape index (κ1) is 15.9. The Morgan fingerprint density at radius 3 is 2.67 bits per heavy atom. The molecule has 0 radical (unpaired) electrons. The summed E-state index contributed by atoms with van der Waals surface area (Å²) in [5.41, 5.74) is 1.07. The smallest absolute Gasteiger partial charge is 0.129 e. The molecule has 0 aromatic heterocycles. The zero-order valence-corrected chi connectivity index (χ0v) is 12.9. The Morgan fingerprint density at radius 2 is 2.10 bits per heavy atom. The van der Waals surface area contributed by atoms with E-state index in [1.54, 1.807) is 12.1 Å². The van der Waals surface area contributed by atoms with Crippen molar-refractivity contribution in [1.29, 1.82) is 5.26 Å². The Balaban J connectivity index is 1.82. The van der Waals surface area contributed by atoms with Crippen LogP contribution in [0.2, 0.25) is 0 Å². The Morgan fingerprint density at radius 1 is 1.38 bits per heavy atom. The zero-order chi connectivity index (χ0) is 15.2. The van der Waals surface area contributed by atoms with E-state index >= 15 is 0 Å². The molecule has 1 aromatic carbocycles. The van der Waals surface area contributed by atoms with Crippen LogP contribution in [0.1, 0.15) is 37.8 Å². The van der Waals surface area contributed by atoms with E-state index in [0.29, 0.717) is 23.7 Å². The Kier molecular flexibility index (Phi) is 5.72. The topological polar surface area (TPSA) is 39.1 Å². The quantitative estimate of drug-likeness (QED) is 0.906. The van der Waals surface area contributed by atoms with Gasteiger partial charge in [-0.3, -0.25) is 4.90 Å². The van der Waals surface area contributed by atoms with Crippen molar-refractivity contribution in [1.82, 2.24) is 10.2 Å². The Labute approximate surface area is 126 Å². The van der Waals surface area contributed by atoms with Gasteiger partial charge in [-0.05, 0) is 50.5 Å². The second-order valence-electron chi connectivity index (χ2n) is 6.20. The van der Waals surface area contributed by atoms with E-state index in [1.165, 1.54) is 6.07 Å². The summed E-state index contributed by atoms with van der Waals surface area (Å²) in [5.74, 6) is 0.465. The molecule has 1 aliphatic heterocycles. The average molecular weight is 289 g/mol. The Hall–Kier alpha value is -1.44. The number of hydrogen-bond donors (Lipinski definition) is 1. The van der Waals surface area contributed by atoms with Gasteiger partial charge in [-0.15, -0.1) is 0 Å². The summed E-state index contributed by atoms with van der Waals surface area (Å²) in [6.07, 6.45) is 2.33. The summed E-state index contributed by atoms with van der Waals surface area (Å²) in [4.78, 5) is 2.30. The largest absolute Gasteiger partial charge is 0.314 e. The van der Waals surface area contributed by atoms with Crippen LogP contribution in [0.5, 0.6) is 0 Å². The number of rotatable bonds is 5. The van der Waals surface area contributed by atoms with Crippen LogP contribution in [0.3, 0.4) is 0 Å². The first-order valence-corrected chi connectivity index (χ1v) is 7.72. The monoisotopic (exact) mass is 289 g/mol. The van der Waals surface area contributed by atoms with Gasteiger partial charge in [0.2, 0.25) is 0 Å². The van der Waals surface area contributed by atoms with Crippen LogP contribution >= 0.6 is 0 Å². The highest BCUT2D eigenvalue weighted by Gasteiger charge is 2.20. The summed E-state index contributed by atoms with van der Waals surface area (Å²) < 4.78 is 13.9. The molecular weight excluding hydrogens is 265 g/mol. The summed E-state index contributed by atoms with van der Waals surface area (Å²) in [6, 6.07) is 7.26. The number of halogens is 1. The number of nitrogens with zero attached hydrogens (tertiary/aromatic N) is 2. The van der Waals surface area contributed by atoms with Crippen LogP contribution in [0, 0.1) is 23.1 Å². The van der Waals surface area contributed by atoms with Crippen LogP contribution in [-0.2, 0) is 6.54 Å². The number of nitriles is 1. The van der Waals surface area contributed by atoms with Crippen molar-refractivity contribution in [3.63, 3.8) is 0 Å². The van der Waals surface area contributed by atoms with Crippen molar-refractivity contribution in [2.24, 2.45) is 5.92 Å². The molecule has 1 aliphatic rings.